The largest absolute Gasteiger partial charge is 0.392 e. The van der Waals surface area contributed by atoms with Crippen molar-refractivity contribution in [2.75, 3.05) is 39.0 Å². The van der Waals surface area contributed by atoms with Crippen LogP contribution in [0.5, 0.6) is 0 Å². The lowest BCUT2D eigenvalue weighted by Crippen LogP contribution is -2.42. The normalized spacial score (nSPS) is 21.6. The summed E-state index contributed by atoms with van der Waals surface area (Å²) in [7, 11) is -1.42. The zero-order valence-corrected chi connectivity index (χ0v) is 14.8. The van der Waals surface area contributed by atoms with Crippen LogP contribution >= 0.6 is 0 Å². The van der Waals surface area contributed by atoms with E-state index in [0.29, 0.717) is 12.5 Å². The molecule has 1 aliphatic heterocycles. The Bertz CT molecular complexity index is 390. The lowest BCUT2D eigenvalue weighted by molar-refractivity contribution is 0.0972. The molecule has 6 heteroatoms. The van der Waals surface area contributed by atoms with E-state index in [9.17, 15) is 13.5 Å². The highest BCUT2D eigenvalue weighted by Crippen LogP contribution is 2.20. The highest BCUT2D eigenvalue weighted by atomic mass is 32.2. The van der Waals surface area contributed by atoms with Crippen LogP contribution in [0.1, 0.15) is 40.0 Å². The molecule has 2 atom stereocenters. The van der Waals surface area contributed by atoms with Gasteiger partial charge in [0.1, 0.15) is 0 Å². The van der Waals surface area contributed by atoms with Gasteiger partial charge in [0.15, 0.2) is 0 Å². The molecule has 21 heavy (non-hydrogen) atoms. The molecule has 0 radical (unpaired) electrons. The van der Waals surface area contributed by atoms with Crippen LogP contribution in [-0.2, 0) is 10.0 Å². The minimum atomic E-state index is -3.12. The van der Waals surface area contributed by atoms with Crippen molar-refractivity contribution in [3.05, 3.63) is 0 Å². The van der Waals surface area contributed by atoms with E-state index in [1.54, 1.807) is 18.3 Å². The van der Waals surface area contributed by atoms with Gasteiger partial charge in [-0.15, -0.1) is 0 Å². The Hall–Kier alpha value is -0.170. The van der Waals surface area contributed by atoms with Crippen molar-refractivity contribution >= 4 is 10.0 Å². The number of β-amino-alcohol motifs (C(OH)–C–C–N with tert-alkyl or cyclic N) is 1. The second-order valence-corrected chi connectivity index (χ2v) is 8.79. The minimum absolute atomic E-state index is 0.213. The fourth-order valence-electron chi connectivity index (χ4n) is 2.81. The molecule has 0 unspecified atom stereocenters. The van der Waals surface area contributed by atoms with E-state index in [1.165, 1.54) is 0 Å². The molecule has 1 heterocycles. The molecule has 1 N–H and O–H groups in total. The zero-order chi connectivity index (χ0) is 16.0. The molecule has 5 nitrogen and oxygen atoms in total. The topological polar surface area (TPSA) is 60.9 Å². The van der Waals surface area contributed by atoms with Gasteiger partial charge in [-0.05, 0) is 44.7 Å². The highest BCUT2D eigenvalue weighted by molar-refractivity contribution is 7.89. The monoisotopic (exact) mass is 320 g/mol. The van der Waals surface area contributed by atoms with Crippen LogP contribution in [0.25, 0.3) is 0 Å². The fourth-order valence-corrected chi connectivity index (χ4v) is 4.45. The van der Waals surface area contributed by atoms with Crippen LogP contribution in [-0.4, -0.2) is 67.8 Å². The summed E-state index contributed by atoms with van der Waals surface area (Å²) in [5.74, 6) is 0.901. The molecule has 0 amide bonds. The van der Waals surface area contributed by atoms with Crippen LogP contribution < -0.4 is 0 Å². The zero-order valence-electron chi connectivity index (χ0n) is 14.0. The van der Waals surface area contributed by atoms with Gasteiger partial charge in [-0.1, -0.05) is 20.3 Å². The fraction of sp³-hybridized carbons (Fsp3) is 1.00. The van der Waals surface area contributed by atoms with Crippen molar-refractivity contribution in [3.63, 3.8) is 0 Å². The maximum absolute atomic E-state index is 12.3. The van der Waals surface area contributed by atoms with Gasteiger partial charge in [0.2, 0.25) is 10.0 Å². The third kappa shape index (κ3) is 6.63. The third-order valence-corrected chi connectivity index (χ3v) is 6.50. The Morgan fingerprint density at radius 2 is 1.86 bits per heavy atom. The number of aliphatic hydroxyl groups is 1. The first-order valence-corrected chi connectivity index (χ1v) is 9.70. The van der Waals surface area contributed by atoms with Crippen LogP contribution in [0.4, 0.5) is 0 Å². The molecule has 1 fully saturated rings. The van der Waals surface area contributed by atoms with Crippen LogP contribution in [0.3, 0.4) is 0 Å². The van der Waals surface area contributed by atoms with Gasteiger partial charge in [0.25, 0.3) is 0 Å². The Labute approximate surface area is 130 Å². The molecule has 1 aliphatic rings. The van der Waals surface area contributed by atoms with Crippen LogP contribution in [0.15, 0.2) is 0 Å². The molecule has 0 bridgehead atoms. The number of nitrogens with zero attached hydrogens (tertiary/aromatic N) is 2. The predicted octanol–water partition coefficient (Wildman–Crippen LogP) is 1.39. The van der Waals surface area contributed by atoms with Crippen molar-refractivity contribution in [3.8, 4) is 0 Å². The summed E-state index contributed by atoms with van der Waals surface area (Å²) < 4.78 is 26.1. The second-order valence-electron chi connectivity index (χ2n) is 6.67. The van der Waals surface area contributed by atoms with E-state index in [-0.39, 0.29) is 17.8 Å². The summed E-state index contributed by atoms with van der Waals surface area (Å²) in [6.45, 7) is 9.07. The number of piperidine rings is 1. The van der Waals surface area contributed by atoms with Gasteiger partial charge in [-0.3, -0.25) is 0 Å². The molecule has 126 valence electrons. The van der Waals surface area contributed by atoms with E-state index < -0.39 is 10.0 Å². The number of rotatable bonds is 8. The van der Waals surface area contributed by atoms with Crippen LogP contribution in [0, 0.1) is 11.8 Å². The van der Waals surface area contributed by atoms with E-state index in [1.807, 2.05) is 13.8 Å². The molecule has 1 saturated heterocycles. The third-order valence-electron chi connectivity index (χ3n) is 4.41. The number of hydrogen-bond acceptors (Lipinski definition) is 4. The van der Waals surface area contributed by atoms with E-state index in [2.05, 4.69) is 4.90 Å². The highest BCUT2D eigenvalue weighted by Gasteiger charge is 2.26. The van der Waals surface area contributed by atoms with Crippen molar-refractivity contribution < 1.29 is 13.5 Å². The Morgan fingerprint density at radius 3 is 2.33 bits per heavy atom. The summed E-state index contributed by atoms with van der Waals surface area (Å²) in [5.41, 5.74) is 0. The average Bonchev–Trinajstić information content (AvgIpc) is 2.39. The molecule has 0 saturated carbocycles. The lowest BCUT2D eigenvalue weighted by Gasteiger charge is -2.34. The Balaban J connectivity index is 2.41. The van der Waals surface area contributed by atoms with Crippen molar-refractivity contribution in [1.82, 2.24) is 9.21 Å². The maximum atomic E-state index is 12.3. The predicted molar refractivity (Wildman–Crippen MR) is 86.7 cm³/mol. The number of aliphatic hydroxyl groups excluding tert-OH is 1. The molecule has 0 aromatic carbocycles. The first-order valence-electron chi connectivity index (χ1n) is 8.09. The summed E-state index contributed by atoms with van der Waals surface area (Å²) in [6, 6.07) is 0. The van der Waals surface area contributed by atoms with Gasteiger partial charge in [0, 0.05) is 20.1 Å². The van der Waals surface area contributed by atoms with Crippen molar-refractivity contribution in [1.29, 1.82) is 0 Å². The average molecular weight is 320 g/mol. The summed E-state index contributed by atoms with van der Waals surface area (Å²) >= 11 is 0. The molecule has 0 aliphatic carbocycles. The summed E-state index contributed by atoms with van der Waals surface area (Å²) in [6.07, 6.45) is 2.62. The molecular formula is C15H32N2O3S. The number of hydrogen-bond donors (Lipinski definition) is 1. The first kappa shape index (κ1) is 18.9. The quantitative estimate of drug-likeness (QED) is 0.734. The van der Waals surface area contributed by atoms with Gasteiger partial charge in [-0.2, -0.15) is 0 Å². The van der Waals surface area contributed by atoms with Gasteiger partial charge in [0.05, 0.1) is 11.9 Å². The summed E-state index contributed by atoms with van der Waals surface area (Å²) in [4.78, 5) is 2.26. The van der Waals surface area contributed by atoms with Gasteiger partial charge in [-0.25, -0.2) is 12.7 Å². The SMILES string of the molecule is CC[C@H](C)CS(=O)(=O)N(C)CC1CCN(C[C@@H](C)O)CC1. The summed E-state index contributed by atoms with van der Waals surface area (Å²) in [5, 5.41) is 9.40. The lowest BCUT2D eigenvalue weighted by atomic mass is 9.97. The van der Waals surface area contributed by atoms with Crippen molar-refractivity contribution in [2.45, 2.75) is 46.1 Å². The molecule has 1 rings (SSSR count). The standard InChI is InChI=1S/C15H32N2O3S/c1-5-13(2)12-21(19,20)16(4)11-15-6-8-17(9-7-15)10-14(3)18/h13-15,18H,5-12H2,1-4H3/t13-,14+/m0/s1. The van der Waals surface area contributed by atoms with Crippen LogP contribution in [0.2, 0.25) is 0 Å². The smallest absolute Gasteiger partial charge is 0.214 e. The first-order chi connectivity index (χ1) is 9.74. The Morgan fingerprint density at radius 1 is 1.29 bits per heavy atom. The maximum Gasteiger partial charge on any atom is 0.214 e. The van der Waals surface area contributed by atoms with Crippen molar-refractivity contribution in [2.24, 2.45) is 11.8 Å². The molecule has 0 aromatic rings. The number of sulfonamides is 1. The second kappa shape index (κ2) is 8.46. The van der Waals surface area contributed by atoms with Gasteiger partial charge < -0.3 is 10.0 Å². The molecular weight excluding hydrogens is 288 g/mol. The minimum Gasteiger partial charge on any atom is -0.392 e. The Kier molecular flexibility index (Phi) is 7.60. The molecule has 0 spiro atoms. The van der Waals surface area contributed by atoms with Gasteiger partial charge >= 0.3 is 0 Å². The van der Waals surface area contributed by atoms with E-state index in [4.69, 9.17) is 0 Å². The number of likely N-dealkylation sites (tertiary alicyclic amines) is 1. The molecule has 0 aromatic heterocycles. The van der Waals surface area contributed by atoms with E-state index in [0.717, 1.165) is 38.9 Å². The van der Waals surface area contributed by atoms with E-state index >= 15 is 0 Å².